The van der Waals surface area contributed by atoms with E-state index in [1.807, 2.05) is 0 Å². The topological polar surface area (TPSA) is 11.6 Å². The van der Waals surface area contributed by atoms with Gasteiger partial charge in [-0.25, -0.2) is 4.57 Å². The van der Waals surface area contributed by atoms with Gasteiger partial charge >= 0.3 is 0 Å². The summed E-state index contributed by atoms with van der Waals surface area (Å²) in [6, 6.07) is 35.3. The number of unbranched alkanes of at least 4 members (excludes halogenated alkanes) is 1. The van der Waals surface area contributed by atoms with E-state index in [0.717, 1.165) is 12.2 Å². The lowest BCUT2D eigenvalue weighted by Crippen LogP contribution is -3.05. The van der Waals surface area contributed by atoms with Crippen LogP contribution in [-0.4, -0.2) is 20.6 Å². The molecular formula is C37H41N3+2. The molecule has 1 heterocycles. The molecule has 5 aromatic rings. The molecule has 0 unspecified atom stereocenters. The van der Waals surface area contributed by atoms with Crippen LogP contribution in [0.2, 0.25) is 0 Å². The van der Waals surface area contributed by atoms with Gasteiger partial charge in [0, 0.05) is 42.0 Å². The number of pyridine rings is 1. The molecule has 4 aromatic carbocycles. The van der Waals surface area contributed by atoms with E-state index in [1.165, 1.54) is 68.7 Å². The molecule has 0 saturated carbocycles. The third kappa shape index (κ3) is 7.05. The van der Waals surface area contributed by atoms with Gasteiger partial charge in [0.25, 0.3) is 0 Å². The SMILES string of the molecule is Cc1cccc(N(c2cccc(C)c2)c2ccc3cc(/C=C/c4cc[n+](CCCC[NH+](C)C)cc4)ccc3c2)c1. The number of aromatic nitrogens is 1. The smallest absolute Gasteiger partial charge is 0.169 e. The summed E-state index contributed by atoms with van der Waals surface area (Å²) in [4.78, 5) is 3.86. The van der Waals surface area contributed by atoms with Crippen molar-refractivity contribution in [3.63, 3.8) is 0 Å². The molecule has 0 atom stereocenters. The number of rotatable bonds is 10. The summed E-state index contributed by atoms with van der Waals surface area (Å²) in [7, 11) is 4.43. The van der Waals surface area contributed by atoms with Crippen LogP contribution in [0.3, 0.4) is 0 Å². The first kappa shape index (κ1) is 27.4. The Bertz CT molecular complexity index is 1550. The predicted molar refractivity (Wildman–Crippen MR) is 171 cm³/mol. The van der Waals surface area contributed by atoms with E-state index in [0.29, 0.717) is 0 Å². The molecular weight excluding hydrogens is 486 g/mol. The Balaban J connectivity index is 1.34. The Labute approximate surface area is 239 Å². The van der Waals surface area contributed by atoms with E-state index in [2.05, 4.69) is 159 Å². The molecule has 202 valence electrons. The first-order valence-corrected chi connectivity index (χ1v) is 14.4. The minimum atomic E-state index is 1.08. The van der Waals surface area contributed by atoms with Crippen molar-refractivity contribution < 1.29 is 9.47 Å². The summed E-state index contributed by atoms with van der Waals surface area (Å²) in [6.07, 6.45) is 11.3. The van der Waals surface area contributed by atoms with Gasteiger partial charge < -0.3 is 9.80 Å². The highest BCUT2D eigenvalue weighted by Gasteiger charge is 2.13. The monoisotopic (exact) mass is 527 g/mol. The van der Waals surface area contributed by atoms with E-state index < -0.39 is 0 Å². The Hall–Kier alpha value is -4.21. The molecule has 0 radical (unpaired) electrons. The summed E-state index contributed by atoms with van der Waals surface area (Å²) < 4.78 is 2.28. The van der Waals surface area contributed by atoms with Crippen LogP contribution in [0.4, 0.5) is 17.1 Å². The van der Waals surface area contributed by atoms with Crippen molar-refractivity contribution in [1.29, 1.82) is 0 Å². The number of hydrogen-bond acceptors (Lipinski definition) is 1. The number of anilines is 3. The quantitative estimate of drug-likeness (QED) is 0.148. The zero-order valence-corrected chi connectivity index (χ0v) is 24.3. The molecule has 1 N–H and O–H groups in total. The van der Waals surface area contributed by atoms with Crippen LogP contribution in [0.1, 0.15) is 35.1 Å². The van der Waals surface area contributed by atoms with Gasteiger partial charge in [0.15, 0.2) is 12.4 Å². The summed E-state index contributed by atoms with van der Waals surface area (Å²) in [6.45, 7) is 6.60. The number of aryl methyl sites for hydroxylation is 3. The Morgan fingerprint density at radius 1 is 0.625 bits per heavy atom. The van der Waals surface area contributed by atoms with Crippen molar-refractivity contribution in [1.82, 2.24) is 0 Å². The van der Waals surface area contributed by atoms with E-state index >= 15 is 0 Å². The van der Waals surface area contributed by atoms with Crippen molar-refractivity contribution in [2.45, 2.75) is 33.2 Å². The van der Waals surface area contributed by atoms with Gasteiger partial charge in [-0.3, -0.25) is 0 Å². The van der Waals surface area contributed by atoms with Crippen LogP contribution in [0, 0.1) is 13.8 Å². The van der Waals surface area contributed by atoms with Gasteiger partial charge in [-0.2, -0.15) is 0 Å². The molecule has 0 spiro atoms. The average Bonchev–Trinajstić information content (AvgIpc) is 2.95. The van der Waals surface area contributed by atoms with Crippen molar-refractivity contribution in [3.8, 4) is 0 Å². The van der Waals surface area contributed by atoms with Gasteiger partial charge in [0.2, 0.25) is 0 Å². The fourth-order valence-electron chi connectivity index (χ4n) is 5.17. The molecule has 3 nitrogen and oxygen atoms in total. The molecule has 0 amide bonds. The number of benzene rings is 4. The van der Waals surface area contributed by atoms with E-state index in [-0.39, 0.29) is 0 Å². The van der Waals surface area contributed by atoms with Crippen LogP contribution >= 0.6 is 0 Å². The fourth-order valence-corrected chi connectivity index (χ4v) is 5.17. The minimum absolute atomic E-state index is 1.08. The summed E-state index contributed by atoms with van der Waals surface area (Å²) >= 11 is 0. The number of nitrogens with one attached hydrogen (secondary N) is 1. The van der Waals surface area contributed by atoms with Gasteiger partial charge in [-0.1, -0.05) is 54.6 Å². The van der Waals surface area contributed by atoms with Gasteiger partial charge in [0.05, 0.1) is 20.6 Å². The third-order valence-corrected chi connectivity index (χ3v) is 7.35. The summed E-state index contributed by atoms with van der Waals surface area (Å²) in [5.74, 6) is 0. The van der Waals surface area contributed by atoms with Crippen molar-refractivity contribution in [2.24, 2.45) is 0 Å². The molecule has 40 heavy (non-hydrogen) atoms. The van der Waals surface area contributed by atoms with Gasteiger partial charge in [-0.05, 0) is 89.3 Å². The second-order valence-corrected chi connectivity index (χ2v) is 11.2. The lowest BCUT2D eigenvalue weighted by Gasteiger charge is -2.26. The third-order valence-electron chi connectivity index (χ3n) is 7.35. The molecule has 0 bridgehead atoms. The average molecular weight is 528 g/mol. The molecule has 0 saturated heterocycles. The largest absolute Gasteiger partial charge is 0.340 e. The van der Waals surface area contributed by atoms with E-state index in [9.17, 15) is 0 Å². The zero-order valence-electron chi connectivity index (χ0n) is 24.3. The highest BCUT2D eigenvalue weighted by atomic mass is 15.1. The van der Waals surface area contributed by atoms with E-state index in [4.69, 9.17) is 0 Å². The summed E-state index contributed by atoms with van der Waals surface area (Å²) in [5, 5.41) is 2.47. The number of nitrogens with zero attached hydrogens (tertiary/aromatic N) is 2. The summed E-state index contributed by atoms with van der Waals surface area (Å²) in [5.41, 5.74) is 8.43. The minimum Gasteiger partial charge on any atom is -0.340 e. The molecule has 0 fully saturated rings. The van der Waals surface area contributed by atoms with Gasteiger partial charge in [0.1, 0.15) is 6.54 Å². The Morgan fingerprint density at radius 3 is 1.88 bits per heavy atom. The molecule has 0 aliphatic rings. The van der Waals surface area contributed by atoms with Crippen molar-refractivity contribution in [3.05, 3.63) is 132 Å². The van der Waals surface area contributed by atoms with E-state index in [1.54, 1.807) is 0 Å². The number of fused-ring (bicyclic) bond motifs is 1. The van der Waals surface area contributed by atoms with Crippen molar-refractivity contribution >= 4 is 40.0 Å². The molecule has 3 heteroatoms. The number of hydrogen-bond donors (Lipinski definition) is 1. The van der Waals surface area contributed by atoms with Crippen LogP contribution in [0.25, 0.3) is 22.9 Å². The maximum Gasteiger partial charge on any atom is 0.169 e. The van der Waals surface area contributed by atoms with Crippen molar-refractivity contribution in [2.75, 3.05) is 25.5 Å². The molecule has 5 rings (SSSR count). The zero-order chi connectivity index (χ0) is 27.9. The fraction of sp³-hybridized carbons (Fsp3) is 0.216. The van der Waals surface area contributed by atoms with Crippen LogP contribution in [-0.2, 0) is 6.54 Å². The normalized spacial score (nSPS) is 11.5. The highest BCUT2D eigenvalue weighted by molar-refractivity contribution is 5.91. The highest BCUT2D eigenvalue weighted by Crippen LogP contribution is 2.36. The Kier molecular flexibility index (Phi) is 8.73. The second-order valence-electron chi connectivity index (χ2n) is 11.2. The molecule has 1 aromatic heterocycles. The maximum absolute atomic E-state index is 2.35. The molecule has 0 aliphatic heterocycles. The van der Waals surface area contributed by atoms with Crippen LogP contribution < -0.4 is 14.4 Å². The lowest BCUT2D eigenvalue weighted by molar-refractivity contribution is -0.858. The standard InChI is InChI=1S/C37H40N3/c1-29-9-7-11-35(25-29)40(36-12-8-10-30(2)26-36)37-18-17-33-27-32(15-16-34(33)28-37)14-13-31-19-23-39(24-20-31)22-6-5-21-38(3)4/h7-20,23-28H,5-6,21-22H2,1-4H3/q+1/p+1. The maximum atomic E-state index is 2.35. The lowest BCUT2D eigenvalue weighted by atomic mass is 10.0. The number of quaternary nitrogens is 1. The Morgan fingerprint density at radius 2 is 1.23 bits per heavy atom. The predicted octanol–water partition coefficient (Wildman–Crippen LogP) is 7.31. The second kappa shape index (κ2) is 12.8. The van der Waals surface area contributed by atoms with Gasteiger partial charge in [-0.15, -0.1) is 0 Å². The van der Waals surface area contributed by atoms with Crippen LogP contribution in [0.5, 0.6) is 0 Å². The first-order valence-electron chi connectivity index (χ1n) is 14.4. The molecule has 0 aliphatic carbocycles. The first-order chi connectivity index (χ1) is 19.4. The van der Waals surface area contributed by atoms with Crippen LogP contribution in [0.15, 0.2) is 109 Å².